The molecule has 0 spiro atoms. The van der Waals surface area contributed by atoms with Crippen LogP contribution in [-0.2, 0) is 4.79 Å². The predicted molar refractivity (Wildman–Crippen MR) is 83.8 cm³/mol. The van der Waals surface area contributed by atoms with Crippen molar-refractivity contribution in [3.05, 3.63) is 0 Å². The molecular formula is C18H31NO2. The first-order valence-electron chi connectivity index (χ1n) is 8.94. The summed E-state index contributed by atoms with van der Waals surface area (Å²) in [5, 5.41) is 12.0. The topological polar surface area (TPSA) is 49.3 Å². The molecule has 4 saturated carbocycles. The number of rotatable bonds is 7. The van der Waals surface area contributed by atoms with Gasteiger partial charge in [0.05, 0.1) is 5.41 Å². The Morgan fingerprint density at radius 1 is 1.10 bits per heavy atom. The van der Waals surface area contributed by atoms with E-state index in [1.54, 1.807) is 0 Å². The molecule has 0 aromatic heterocycles. The zero-order chi connectivity index (χ0) is 14.9. The predicted octanol–water partition coefficient (Wildman–Crippen LogP) is 3.26. The van der Waals surface area contributed by atoms with Crippen molar-refractivity contribution >= 4 is 5.91 Å². The zero-order valence-electron chi connectivity index (χ0n) is 13.5. The van der Waals surface area contributed by atoms with E-state index in [9.17, 15) is 4.79 Å². The van der Waals surface area contributed by atoms with Crippen molar-refractivity contribution in [2.24, 2.45) is 22.7 Å². The standard InChI is InChI=1S/C18H31NO2/c1-17-9-14-8-15(10-17)12-18(11-14,13-17)16(21)19-6-4-2-3-5-7-20/h14-15,20H,2-13H2,1H3,(H,19,21). The summed E-state index contributed by atoms with van der Waals surface area (Å²) in [6.07, 6.45) is 11.6. The first kappa shape index (κ1) is 15.3. The van der Waals surface area contributed by atoms with Crippen LogP contribution in [-0.4, -0.2) is 24.2 Å². The summed E-state index contributed by atoms with van der Waals surface area (Å²) in [7, 11) is 0. The van der Waals surface area contributed by atoms with Crippen LogP contribution in [0.4, 0.5) is 0 Å². The Morgan fingerprint density at radius 2 is 1.76 bits per heavy atom. The number of aliphatic hydroxyl groups is 1. The van der Waals surface area contributed by atoms with Crippen LogP contribution in [0.15, 0.2) is 0 Å². The van der Waals surface area contributed by atoms with E-state index in [1.807, 2.05) is 0 Å². The van der Waals surface area contributed by atoms with Crippen molar-refractivity contribution in [3.63, 3.8) is 0 Å². The highest BCUT2D eigenvalue weighted by atomic mass is 16.2. The Labute approximate surface area is 128 Å². The normalized spacial score (nSPS) is 40.5. The minimum Gasteiger partial charge on any atom is -0.396 e. The van der Waals surface area contributed by atoms with Crippen LogP contribution in [0.2, 0.25) is 0 Å². The lowest BCUT2D eigenvalue weighted by atomic mass is 9.44. The lowest BCUT2D eigenvalue weighted by Crippen LogP contribution is -2.56. The fourth-order valence-electron chi connectivity index (χ4n) is 5.97. The van der Waals surface area contributed by atoms with Crippen LogP contribution < -0.4 is 5.32 Å². The summed E-state index contributed by atoms with van der Waals surface area (Å²) >= 11 is 0. The summed E-state index contributed by atoms with van der Waals surface area (Å²) in [6.45, 7) is 3.52. The first-order chi connectivity index (χ1) is 10.1. The SMILES string of the molecule is CC12CC3CC(C1)CC(C(=O)NCCCCCCO)(C3)C2. The molecular weight excluding hydrogens is 262 g/mol. The molecule has 3 heteroatoms. The molecule has 0 heterocycles. The van der Waals surface area contributed by atoms with Gasteiger partial charge in [0.15, 0.2) is 0 Å². The summed E-state index contributed by atoms with van der Waals surface area (Å²) < 4.78 is 0. The monoisotopic (exact) mass is 293 g/mol. The highest BCUT2D eigenvalue weighted by Crippen LogP contribution is 2.65. The van der Waals surface area contributed by atoms with Gasteiger partial charge in [0.25, 0.3) is 0 Å². The Bertz CT molecular complexity index is 379. The number of hydrogen-bond acceptors (Lipinski definition) is 2. The van der Waals surface area contributed by atoms with E-state index >= 15 is 0 Å². The minimum atomic E-state index is -0.0239. The minimum absolute atomic E-state index is 0.0239. The number of aliphatic hydroxyl groups excluding tert-OH is 1. The molecule has 4 aliphatic rings. The summed E-state index contributed by atoms with van der Waals surface area (Å²) in [5.41, 5.74) is 0.423. The molecule has 0 aromatic rings. The van der Waals surface area contributed by atoms with Gasteiger partial charge < -0.3 is 10.4 Å². The van der Waals surface area contributed by atoms with Crippen LogP contribution in [0.25, 0.3) is 0 Å². The highest BCUT2D eigenvalue weighted by molar-refractivity contribution is 5.83. The number of nitrogens with one attached hydrogen (secondary N) is 1. The van der Waals surface area contributed by atoms with E-state index in [2.05, 4.69) is 12.2 Å². The Balaban J connectivity index is 1.50. The molecule has 21 heavy (non-hydrogen) atoms. The van der Waals surface area contributed by atoms with Gasteiger partial charge in [-0.1, -0.05) is 19.8 Å². The molecule has 2 atom stereocenters. The molecule has 0 aromatic carbocycles. The molecule has 120 valence electrons. The second-order valence-electron chi connectivity index (χ2n) is 8.45. The molecule has 1 amide bonds. The maximum atomic E-state index is 12.8. The van der Waals surface area contributed by atoms with E-state index in [4.69, 9.17) is 5.11 Å². The smallest absolute Gasteiger partial charge is 0.226 e. The van der Waals surface area contributed by atoms with Crippen molar-refractivity contribution in [2.45, 2.75) is 71.1 Å². The lowest BCUT2D eigenvalue weighted by Gasteiger charge is -2.60. The molecule has 2 N–H and O–H groups in total. The average molecular weight is 293 g/mol. The van der Waals surface area contributed by atoms with Gasteiger partial charge in [0, 0.05) is 13.2 Å². The van der Waals surface area contributed by atoms with Gasteiger partial charge in [-0.3, -0.25) is 4.79 Å². The van der Waals surface area contributed by atoms with Gasteiger partial charge >= 0.3 is 0 Å². The Hall–Kier alpha value is -0.570. The number of amides is 1. The number of carbonyl (C=O) groups is 1. The fourth-order valence-corrected chi connectivity index (χ4v) is 5.97. The van der Waals surface area contributed by atoms with Crippen LogP contribution in [0.3, 0.4) is 0 Å². The molecule has 4 rings (SSSR count). The zero-order valence-corrected chi connectivity index (χ0v) is 13.5. The van der Waals surface area contributed by atoms with E-state index < -0.39 is 0 Å². The van der Waals surface area contributed by atoms with Crippen molar-refractivity contribution in [1.29, 1.82) is 0 Å². The molecule has 3 nitrogen and oxygen atoms in total. The molecule has 4 bridgehead atoms. The van der Waals surface area contributed by atoms with E-state index in [0.29, 0.717) is 11.3 Å². The van der Waals surface area contributed by atoms with Gasteiger partial charge in [-0.2, -0.15) is 0 Å². The number of unbranched alkanes of at least 4 members (excludes halogenated alkanes) is 3. The quantitative estimate of drug-likeness (QED) is 0.708. The van der Waals surface area contributed by atoms with Crippen molar-refractivity contribution in [3.8, 4) is 0 Å². The van der Waals surface area contributed by atoms with Gasteiger partial charge in [0.1, 0.15) is 0 Å². The van der Waals surface area contributed by atoms with Crippen LogP contribution >= 0.6 is 0 Å². The third-order valence-electron chi connectivity index (χ3n) is 6.21. The number of carbonyl (C=O) groups excluding carboxylic acids is 1. The first-order valence-corrected chi connectivity index (χ1v) is 8.94. The van der Waals surface area contributed by atoms with Crippen LogP contribution in [0.5, 0.6) is 0 Å². The summed E-state index contributed by atoms with van der Waals surface area (Å²) in [6, 6.07) is 0. The molecule has 4 aliphatic carbocycles. The van der Waals surface area contributed by atoms with Crippen molar-refractivity contribution in [1.82, 2.24) is 5.32 Å². The molecule has 0 radical (unpaired) electrons. The third-order valence-corrected chi connectivity index (χ3v) is 6.21. The fraction of sp³-hybridized carbons (Fsp3) is 0.944. The third kappa shape index (κ3) is 3.13. The van der Waals surface area contributed by atoms with Crippen LogP contribution in [0.1, 0.15) is 71.1 Å². The van der Waals surface area contributed by atoms with E-state index in [0.717, 1.165) is 63.3 Å². The lowest BCUT2D eigenvalue weighted by molar-refractivity contribution is -0.155. The molecule has 2 unspecified atom stereocenters. The number of hydrogen-bond donors (Lipinski definition) is 2. The van der Waals surface area contributed by atoms with Gasteiger partial charge in [-0.05, 0) is 68.6 Å². The maximum absolute atomic E-state index is 12.8. The van der Waals surface area contributed by atoms with E-state index in [1.165, 1.54) is 19.3 Å². The Kier molecular flexibility index (Phi) is 4.31. The summed E-state index contributed by atoms with van der Waals surface area (Å²) in [4.78, 5) is 12.8. The largest absolute Gasteiger partial charge is 0.396 e. The van der Waals surface area contributed by atoms with Crippen molar-refractivity contribution < 1.29 is 9.90 Å². The van der Waals surface area contributed by atoms with Crippen molar-refractivity contribution in [2.75, 3.05) is 13.2 Å². The Morgan fingerprint density at radius 3 is 2.38 bits per heavy atom. The second kappa shape index (κ2) is 5.91. The second-order valence-corrected chi connectivity index (χ2v) is 8.45. The van der Waals surface area contributed by atoms with Gasteiger partial charge in [-0.15, -0.1) is 0 Å². The van der Waals surface area contributed by atoms with Crippen LogP contribution in [0, 0.1) is 22.7 Å². The average Bonchev–Trinajstić information content (AvgIpc) is 2.39. The molecule has 0 aliphatic heterocycles. The van der Waals surface area contributed by atoms with Gasteiger partial charge in [-0.25, -0.2) is 0 Å². The highest BCUT2D eigenvalue weighted by Gasteiger charge is 2.58. The summed E-state index contributed by atoms with van der Waals surface area (Å²) in [5.74, 6) is 1.98. The van der Waals surface area contributed by atoms with Gasteiger partial charge in [0.2, 0.25) is 5.91 Å². The maximum Gasteiger partial charge on any atom is 0.226 e. The van der Waals surface area contributed by atoms with E-state index in [-0.39, 0.29) is 12.0 Å². The molecule has 0 saturated heterocycles. The molecule has 4 fully saturated rings.